The molecule has 0 amide bonds. The normalized spacial score (nSPS) is 11.3. The van der Waals surface area contributed by atoms with Crippen molar-refractivity contribution < 1.29 is 11.9 Å². The molecule has 0 heterocycles. The van der Waals surface area contributed by atoms with Gasteiger partial charge in [0.05, 0.1) is 0 Å². The van der Waals surface area contributed by atoms with E-state index in [9.17, 15) is 7.67 Å². The maximum atomic E-state index is 10.5. The van der Waals surface area contributed by atoms with Gasteiger partial charge in [-0.3, -0.25) is 0 Å². The predicted octanol–water partition coefficient (Wildman–Crippen LogP) is -0.314. The van der Waals surface area contributed by atoms with Gasteiger partial charge >= 0.3 is 59.7 Å². The van der Waals surface area contributed by atoms with Crippen LogP contribution in [0.3, 0.4) is 0 Å². The molecule has 0 unspecified atom stereocenters. The Morgan fingerprint density at radius 2 is 1.60 bits per heavy atom. The van der Waals surface area contributed by atoms with Gasteiger partial charge in [-0.25, -0.2) is 0 Å². The molecule has 0 saturated carbocycles. The van der Waals surface area contributed by atoms with Gasteiger partial charge in [-0.1, -0.05) is 0 Å². The number of benzene rings is 1. The Morgan fingerprint density at radius 3 is 1.90 bits per heavy atom. The average Bonchev–Trinajstić information content (AvgIpc) is 1.88. The van der Waals surface area contributed by atoms with Crippen LogP contribution < -0.4 is 4.46 Å². The van der Waals surface area contributed by atoms with Gasteiger partial charge in [0.25, 0.3) is 0 Å². The van der Waals surface area contributed by atoms with Crippen molar-refractivity contribution in [2.45, 2.75) is 0 Å². The van der Waals surface area contributed by atoms with E-state index in [0.29, 0.717) is 0 Å². The zero-order valence-corrected chi connectivity index (χ0v) is 6.77. The summed E-state index contributed by atoms with van der Waals surface area (Å²) in [5.41, 5.74) is 0. The van der Waals surface area contributed by atoms with Crippen molar-refractivity contribution in [1.29, 1.82) is 0 Å². The molecule has 0 bridgehead atoms. The third-order valence-corrected chi connectivity index (χ3v) is 2.86. The fourth-order valence-corrected chi connectivity index (χ4v) is 1.64. The third-order valence-electron chi connectivity index (χ3n) is 1.04. The first-order valence-corrected chi connectivity index (χ1v) is 5.65. The molecule has 0 radical (unpaired) electrons. The van der Waals surface area contributed by atoms with Crippen molar-refractivity contribution in [1.82, 2.24) is 0 Å². The summed E-state index contributed by atoms with van der Waals surface area (Å²) >= 11 is -4.70. The quantitative estimate of drug-likeness (QED) is 0.639. The Hall–Kier alpha value is -0.701. The SMILES string of the molecule is O=[Se](=O)(O)c1ccccc1. The zero-order valence-electron chi connectivity index (χ0n) is 5.06. The van der Waals surface area contributed by atoms with Crippen LogP contribution in [0.2, 0.25) is 0 Å². The van der Waals surface area contributed by atoms with E-state index in [0.717, 1.165) is 0 Å². The molecule has 1 aromatic rings. The third kappa shape index (κ3) is 1.64. The summed E-state index contributed by atoms with van der Waals surface area (Å²) in [5.74, 6) is 0. The molecule has 1 rings (SSSR count). The van der Waals surface area contributed by atoms with Gasteiger partial charge in [-0.05, 0) is 0 Å². The van der Waals surface area contributed by atoms with Gasteiger partial charge in [-0.15, -0.1) is 0 Å². The molecule has 0 fully saturated rings. The van der Waals surface area contributed by atoms with Crippen molar-refractivity contribution in [2.75, 3.05) is 0 Å². The van der Waals surface area contributed by atoms with E-state index < -0.39 is 13.0 Å². The van der Waals surface area contributed by atoms with Gasteiger partial charge in [0, 0.05) is 0 Å². The summed E-state index contributed by atoms with van der Waals surface area (Å²) < 4.78 is 29.5. The van der Waals surface area contributed by atoms with Gasteiger partial charge < -0.3 is 0 Å². The Labute approximate surface area is 60.3 Å². The molecule has 0 aliphatic rings. The minimum atomic E-state index is -4.70. The van der Waals surface area contributed by atoms with Crippen LogP contribution in [0.25, 0.3) is 0 Å². The minimum absolute atomic E-state index is 0.00116. The zero-order chi connectivity index (χ0) is 7.61. The van der Waals surface area contributed by atoms with Gasteiger partial charge in [0.2, 0.25) is 0 Å². The molecule has 1 aromatic carbocycles. The molecule has 54 valence electrons. The second kappa shape index (κ2) is 2.50. The monoisotopic (exact) mass is 206 g/mol. The van der Waals surface area contributed by atoms with Crippen LogP contribution in [0.1, 0.15) is 0 Å². The Balaban J connectivity index is 3.22. The van der Waals surface area contributed by atoms with Crippen molar-refractivity contribution in [3.8, 4) is 0 Å². The first-order valence-electron chi connectivity index (χ1n) is 2.63. The topological polar surface area (TPSA) is 54.4 Å². The first kappa shape index (κ1) is 7.41. The van der Waals surface area contributed by atoms with Crippen LogP contribution in [-0.2, 0) is 7.67 Å². The molecule has 0 aliphatic heterocycles. The molecule has 0 spiro atoms. The molecule has 4 heteroatoms. The fourth-order valence-electron chi connectivity index (χ4n) is 0.592. The number of rotatable bonds is 1. The van der Waals surface area contributed by atoms with E-state index in [1.54, 1.807) is 18.2 Å². The molecule has 0 aliphatic carbocycles. The Morgan fingerprint density at radius 1 is 1.10 bits per heavy atom. The summed E-state index contributed by atoms with van der Waals surface area (Å²) in [6.07, 6.45) is 0. The van der Waals surface area contributed by atoms with Crippen LogP contribution in [0.5, 0.6) is 0 Å². The van der Waals surface area contributed by atoms with Crippen LogP contribution in [0.15, 0.2) is 30.3 Å². The van der Waals surface area contributed by atoms with Crippen LogP contribution in [0.4, 0.5) is 0 Å². The standard InChI is InChI=1S/C6H6O3Se/c7-10(8,9)6-4-2-1-3-5-6/h1-5H,(H,7,8,9). The molecule has 0 aromatic heterocycles. The van der Waals surface area contributed by atoms with Crippen LogP contribution in [-0.4, -0.2) is 17.2 Å². The van der Waals surface area contributed by atoms with Crippen LogP contribution in [0, 0.1) is 0 Å². The number of hydrogen-bond donors (Lipinski definition) is 1. The van der Waals surface area contributed by atoms with E-state index >= 15 is 0 Å². The van der Waals surface area contributed by atoms with Crippen molar-refractivity contribution >= 4 is 17.5 Å². The van der Waals surface area contributed by atoms with Gasteiger partial charge in [0.15, 0.2) is 0 Å². The maximum absolute atomic E-state index is 10.5. The Kier molecular flexibility index (Phi) is 1.85. The summed E-state index contributed by atoms with van der Waals surface area (Å²) in [6.45, 7) is 0. The van der Waals surface area contributed by atoms with E-state index in [2.05, 4.69) is 0 Å². The molecule has 3 nitrogen and oxygen atoms in total. The average molecular weight is 205 g/mol. The molecule has 1 N–H and O–H groups in total. The van der Waals surface area contributed by atoms with Gasteiger partial charge in [-0.2, -0.15) is 0 Å². The Bertz CT molecular complexity index is 301. The molecule has 0 atom stereocenters. The summed E-state index contributed by atoms with van der Waals surface area (Å²) in [4.78, 5) is 0. The van der Waals surface area contributed by atoms with Gasteiger partial charge in [0.1, 0.15) is 0 Å². The summed E-state index contributed by atoms with van der Waals surface area (Å²) in [5, 5.41) is 0. The van der Waals surface area contributed by atoms with E-state index in [-0.39, 0.29) is 4.46 Å². The van der Waals surface area contributed by atoms with Crippen molar-refractivity contribution in [2.24, 2.45) is 0 Å². The van der Waals surface area contributed by atoms with Crippen molar-refractivity contribution in [3.63, 3.8) is 0 Å². The molecular weight excluding hydrogens is 199 g/mol. The predicted molar refractivity (Wildman–Crippen MR) is 35.4 cm³/mol. The number of hydrogen-bond acceptors (Lipinski definition) is 2. The second-order valence-corrected chi connectivity index (χ2v) is 4.77. The van der Waals surface area contributed by atoms with E-state index in [1.165, 1.54) is 12.1 Å². The summed E-state index contributed by atoms with van der Waals surface area (Å²) in [6, 6.07) is 7.54. The van der Waals surface area contributed by atoms with E-state index in [1.807, 2.05) is 0 Å². The molecule has 10 heavy (non-hydrogen) atoms. The molecular formula is C6H6O3Se. The van der Waals surface area contributed by atoms with Crippen molar-refractivity contribution in [3.05, 3.63) is 30.3 Å². The first-order chi connectivity index (χ1) is 4.61. The van der Waals surface area contributed by atoms with Crippen LogP contribution >= 0.6 is 0 Å². The van der Waals surface area contributed by atoms with E-state index in [4.69, 9.17) is 4.19 Å². The summed E-state index contributed by atoms with van der Waals surface area (Å²) in [7, 11) is 0. The fraction of sp³-hybridized carbons (Fsp3) is 0. The second-order valence-electron chi connectivity index (χ2n) is 1.79. The molecule has 0 saturated heterocycles.